The second kappa shape index (κ2) is 9.68. The molecule has 1 aromatic rings. The minimum atomic E-state index is -1.29. The highest BCUT2D eigenvalue weighted by Crippen LogP contribution is 2.27. The molecule has 2 atom stereocenters. The number of nitrogens with one attached hydrogen (secondary N) is 1. The van der Waals surface area contributed by atoms with Crippen molar-refractivity contribution in [2.24, 2.45) is 11.8 Å². The van der Waals surface area contributed by atoms with E-state index in [1.165, 1.54) is 18.2 Å². The molecule has 0 aliphatic heterocycles. The summed E-state index contributed by atoms with van der Waals surface area (Å²) in [6.45, 7) is 3.58. The second-order valence-corrected chi connectivity index (χ2v) is 6.20. The molecule has 2 rings (SSSR count). The van der Waals surface area contributed by atoms with Crippen LogP contribution in [0.25, 0.3) is 0 Å². The van der Waals surface area contributed by atoms with Gasteiger partial charge in [-0.05, 0) is 44.9 Å². The monoisotopic (exact) mass is 388 g/mol. The fourth-order valence-electron chi connectivity index (χ4n) is 2.96. The van der Waals surface area contributed by atoms with Gasteiger partial charge in [0.2, 0.25) is 5.91 Å². The number of carbonyl (C=O) groups excluding carboxylic acids is 4. The van der Waals surface area contributed by atoms with Crippen LogP contribution in [0.15, 0.2) is 30.4 Å². The highest BCUT2D eigenvalue weighted by atomic mass is 16.5. The van der Waals surface area contributed by atoms with E-state index < -0.39 is 35.7 Å². The average Bonchev–Trinajstić information content (AvgIpc) is 2.68. The van der Waals surface area contributed by atoms with Gasteiger partial charge in [0.1, 0.15) is 0 Å². The van der Waals surface area contributed by atoms with Gasteiger partial charge in [-0.15, -0.1) is 0 Å². The van der Waals surface area contributed by atoms with Crippen LogP contribution in [0.4, 0.5) is 5.69 Å². The molecule has 8 nitrogen and oxygen atoms in total. The molecule has 1 amide bonds. The number of carboxylic acid groups (broad SMARTS) is 1. The standard InChI is InChI=1S/C20H23NO7/c1-3-27-19(25)12-9-13(20(26)28-4-2)11-14(10-12)21-17(22)15-7-5-6-8-16(15)18(23)24/h5-6,9-11,15-16H,3-4,7-8H2,1-2H3,(H,21,22)(H,23,24)/p-1. The maximum Gasteiger partial charge on any atom is 0.338 e. The molecule has 0 fully saturated rings. The zero-order chi connectivity index (χ0) is 20.7. The van der Waals surface area contributed by atoms with Gasteiger partial charge in [-0.1, -0.05) is 12.2 Å². The number of benzene rings is 1. The molecule has 0 radical (unpaired) electrons. The first-order valence-corrected chi connectivity index (χ1v) is 9.03. The lowest BCUT2D eigenvalue weighted by Crippen LogP contribution is -2.41. The molecule has 0 saturated carbocycles. The van der Waals surface area contributed by atoms with Crippen molar-refractivity contribution < 1.29 is 33.8 Å². The molecule has 28 heavy (non-hydrogen) atoms. The average molecular weight is 388 g/mol. The lowest BCUT2D eigenvalue weighted by molar-refractivity contribution is -0.313. The Morgan fingerprint density at radius 1 is 0.929 bits per heavy atom. The van der Waals surface area contributed by atoms with Crippen molar-refractivity contribution in [3.05, 3.63) is 41.5 Å². The third-order valence-electron chi connectivity index (χ3n) is 4.29. The Hall–Kier alpha value is -3.16. The summed E-state index contributed by atoms with van der Waals surface area (Å²) in [5.74, 6) is -4.89. The number of carbonyl (C=O) groups is 4. The summed E-state index contributed by atoms with van der Waals surface area (Å²) in [4.78, 5) is 48.1. The molecule has 0 bridgehead atoms. The number of amides is 1. The van der Waals surface area contributed by atoms with Crippen LogP contribution in [0.1, 0.15) is 47.4 Å². The predicted octanol–water partition coefficient (Wildman–Crippen LogP) is 1.31. The van der Waals surface area contributed by atoms with E-state index in [4.69, 9.17) is 9.47 Å². The number of hydrogen-bond acceptors (Lipinski definition) is 7. The molecule has 8 heteroatoms. The topological polar surface area (TPSA) is 122 Å². The molecule has 1 N–H and O–H groups in total. The van der Waals surface area contributed by atoms with Gasteiger partial charge < -0.3 is 24.7 Å². The fraction of sp³-hybridized carbons (Fsp3) is 0.400. The van der Waals surface area contributed by atoms with Crippen LogP contribution in [-0.2, 0) is 19.1 Å². The first-order chi connectivity index (χ1) is 13.4. The smallest absolute Gasteiger partial charge is 0.338 e. The molecule has 1 aliphatic carbocycles. The number of hydrogen-bond donors (Lipinski definition) is 1. The number of anilines is 1. The van der Waals surface area contributed by atoms with Gasteiger partial charge in [-0.25, -0.2) is 9.59 Å². The van der Waals surface area contributed by atoms with Crippen LogP contribution in [0, 0.1) is 11.8 Å². The van der Waals surface area contributed by atoms with Gasteiger partial charge in [0.05, 0.1) is 30.3 Å². The predicted molar refractivity (Wildman–Crippen MR) is 97.3 cm³/mol. The molecule has 0 heterocycles. The number of aliphatic carboxylic acids is 1. The SMILES string of the molecule is CCOC(=O)c1cc(NC(=O)C2CC=CCC2C(=O)[O-])cc(C(=O)OCC)c1. The number of esters is 2. The van der Waals surface area contributed by atoms with Crippen LogP contribution < -0.4 is 10.4 Å². The minimum absolute atomic E-state index is 0.0719. The zero-order valence-electron chi connectivity index (χ0n) is 15.7. The summed E-state index contributed by atoms with van der Waals surface area (Å²) in [5, 5.41) is 13.9. The molecule has 0 spiro atoms. The van der Waals surface area contributed by atoms with E-state index in [-0.39, 0.29) is 42.9 Å². The van der Waals surface area contributed by atoms with E-state index in [0.717, 1.165) is 0 Å². The molecular weight excluding hydrogens is 366 g/mol. The van der Waals surface area contributed by atoms with Crippen LogP contribution in [0.5, 0.6) is 0 Å². The van der Waals surface area contributed by atoms with E-state index in [9.17, 15) is 24.3 Å². The van der Waals surface area contributed by atoms with Gasteiger partial charge in [0.15, 0.2) is 0 Å². The Morgan fingerprint density at radius 3 is 1.89 bits per heavy atom. The summed E-state index contributed by atoms with van der Waals surface area (Å²) in [5.41, 5.74) is 0.315. The summed E-state index contributed by atoms with van der Waals surface area (Å²) in [6.07, 6.45) is 3.90. The minimum Gasteiger partial charge on any atom is -0.550 e. The number of ether oxygens (including phenoxy) is 2. The molecule has 0 aromatic heterocycles. The summed E-state index contributed by atoms with van der Waals surface area (Å²) >= 11 is 0. The molecule has 0 saturated heterocycles. The Kier molecular flexibility index (Phi) is 7.31. The van der Waals surface area contributed by atoms with Crippen molar-refractivity contribution in [2.75, 3.05) is 18.5 Å². The van der Waals surface area contributed by atoms with Crippen molar-refractivity contribution in [1.82, 2.24) is 0 Å². The first kappa shape index (κ1) is 21.1. The molecular formula is C20H22NO7-. The van der Waals surface area contributed by atoms with Crippen LogP contribution in [0.2, 0.25) is 0 Å². The van der Waals surface area contributed by atoms with E-state index in [0.29, 0.717) is 0 Å². The van der Waals surface area contributed by atoms with Gasteiger partial charge in [0, 0.05) is 17.6 Å². The number of carboxylic acids is 1. The summed E-state index contributed by atoms with van der Waals surface area (Å²) in [7, 11) is 0. The number of rotatable bonds is 7. The van der Waals surface area contributed by atoms with E-state index in [2.05, 4.69) is 5.32 Å². The maximum absolute atomic E-state index is 12.6. The van der Waals surface area contributed by atoms with E-state index >= 15 is 0 Å². The Labute approximate surface area is 162 Å². The van der Waals surface area contributed by atoms with Crippen molar-refractivity contribution in [3.63, 3.8) is 0 Å². The lowest BCUT2D eigenvalue weighted by atomic mass is 9.82. The van der Waals surface area contributed by atoms with E-state index in [1.54, 1.807) is 26.0 Å². The van der Waals surface area contributed by atoms with Gasteiger partial charge in [-0.2, -0.15) is 0 Å². The lowest BCUT2D eigenvalue weighted by Gasteiger charge is -2.28. The second-order valence-electron chi connectivity index (χ2n) is 6.20. The van der Waals surface area contributed by atoms with Crippen molar-refractivity contribution in [3.8, 4) is 0 Å². The Morgan fingerprint density at radius 2 is 1.43 bits per heavy atom. The normalized spacial score (nSPS) is 18.2. The number of allylic oxidation sites excluding steroid dienone is 2. The molecule has 150 valence electrons. The summed E-state index contributed by atoms with van der Waals surface area (Å²) < 4.78 is 9.90. The Balaban J connectivity index is 2.31. The van der Waals surface area contributed by atoms with Crippen molar-refractivity contribution in [2.45, 2.75) is 26.7 Å². The van der Waals surface area contributed by atoms with Crippen molar-refractivity contribution >= 4 is 29.5 Å². The highest BCUT2D eigenvalue weighted by Gasteiger charge is 2.30. The molecule has 2 unspecified atom stereocenters. The van der Waals surface area contributed by atoms with Gasteiger partial charge in [-0.3, -0.25) is 4.79 Å². The fourth-order valence-corrected chi connectivity index (χ4v) is 2.96. The van der Waals surface area contributed by atoms with Crippen LogP contribution in [0.3, 0.4) is 0 Å². The van der Waals surface area contributed by atoms with Gasteiger partial charge >= 0.3 is 11.9 Å². The summed E-state index contributed by atoms with van der Waals surface area (Å²) in [6, 6.07) is 4.05. The maximum atomic E-state index is 12.6. The molecule has 1 aromatic carbocycles. The third kappa shape index (κ3) is 5.18. The van der Waals surface area contributed by atoms with Gasteiger partial charge in [0.25, 0.3) is 0 Å². The third-order valence-corrected chi connectivity index (χ3v) is 4.29. The van der Waals surface area contributed by atoms with Crippen molar-refractivity contribution in [1.29, 1.82) is 0 Å². The first-order valence-electron chi connectivity index (χ1n) is 9.03. The van der Waals surface area contributed by atoms with Crippen LogP contribution in [-0.4, -0.2) is 37.0 Å². The highest BCUT2D eigenvalue weighted by molar-refractivity contribution is 6.00. The zero-order valence-corrected chi connectivity index (χ0v) is 15.7. The van der Waals surface area contributed by atoms with E-state index in [1.807, 2.05) is 0 Å². The Bertz CT molecular complexity index is 763. The largest absolute Gasteiger partial charge is 0.550 e. The van der Waals surface area contributed by atoms with Crippen LogP contribution >= 0.6 is 0 Å². The molecule has 1 aliphatic rings. The quantitative estimate of drug-likeness (QED) is 0.552.